The summed E-state index contributed by atoms with van der Waals surface area (Å²) in [4.78, 5) is 65.6. The Balaban J connectivity index is 1.36. The number of carbonyl (C=O) groups is 5. The molecular formula is C35H41F3N4O6. The highest BCUT2D eigenvalue weighted by Crippen LogP contribution is 2.43. The van der Waals surface area contributed by atoms with Gasteiger partial charge in [0, 0.05) is 24.1 Å². The molecule has 0 radical (unpaired) electrons. The summed E-state index contributed by atoms with van der Waals surface area (Å²) in [7, 11) is 0. The van der Waals surface area contributed by atoms with Crippen LogP contribution in [0.25, 0.3) is 0 Å². The number of benzene rings is 2. The van der Waals surface area contributed by atoms with Crippen LogP contribution in [0.5, 0.6) is 0 Å². The molecule has 4 atom stereocenters. The number of halogens is 3. The summed E-state index contributed by atoms with van der Waals surface area (Å²) >= 11 is 0. The van der Waals surface area contributed by atoms with Gasteiger partial charge in [0.1, 0.15) is 11.9 Å². The smallest absolute Gasteiger partial charge is 0.408 e. The van der Waals surface area contributed by atoms with Crippen molar-refractivity contribution in [3.8, 4) is 0 Å². The summed E-state index contributed by atoms with van der Waals surface area (Å²) in [5.74, 6) is -8.23. The minimum Gasteiger partial charge on any atom is -0.434 e. The quantitative estimate of drug-likeness (QED) is 0.217. The zero-order valence-electron chi connectivity index (χ0n) is 26.5. The van der Waals surface area contributed by atoms with Crippen LogP contribution in [-0.2, 0) is 29.8 Å². The molecule has 13 heteroatoms. The monoisotopic (exact) mass is 670 g/mol. The fourth-order valence-electron chi connectivity index (χ4n) is 6.40. The largest absolute Gasteiger partial charge is 0.434 e. The van der Waals surface area contributed by atoms with Gasteiger partial charge < -0.3 is 26.0 Å². The van der Waals surface area contributed by atoms with E-state index in [4.69, 9.17) is 4.74 Å². The number of hydrogen-bond acceptors (Lipinski definition) is 6. The number of Topliss-reactive ketones (excluding diaryl/α,β-unsaturated/α-hetero) is 1. The highest BCUT2D eigenvalue weighted by atomic mass is 19.3. The summed E-state index contributed by atoms with van der Waals surface area (Å²) in [6, 6.07) is 8.34. The Hall–Kier alpha value is -4.42. The number of amides is 4. The summed E-state index contributed by atoms with van der Waals surface area (Å²) in [6.45, 7) is 0.396. The Labute approximate surface area is 276 Å². The van der Waals surface area contributed by atoms with Crippen molar-refractivity contribution in [2.45, 2.75) is 94.4 Å². The number of ether oxygens (including phenoxy) is 1. The summed E-state index contributed by atoms with van der Waals surface area (Å²) in [6.07, 6.45) is 2.81. The average Bonchev–Trinajstić information content (AvgIpc) is 3.81. The van der Waals surface area contributed by atoms with Gasteiger partial charge in [-0.2, -0.15) is 8.78 Å². The number of hydrogen-bond donors (Lipinski definition) is 4. The van der Waals surface area contributed by atoms with Crippen LogP contribution in [-0.4, -0.2) is 54.3 Å². The fraction of sp³-hybridized carbons (Fsp3) is 0.514. The molecule has 2 aromatic carbocycles. The number of rotatable bonds is 14. The molecule has 1 unspecified atom stereocenters. The Morgan fingerprint density at radius 2 is 1.60 bits per heavy atom. The molecule has 5 rings (SSSR count). The summed E-state index contributed by atoms with van der Waals surface area (Å²) in [5.41, 5.74) is -0.764. The number of alkyl carbamates (subject to hydrolysis) is 1. The van der Waals surface area contributed by atoms with Crippen molar-refractivity contribution in [2.75, 3.05) is 6.54 Å². The Kier molecular flexibility index (Phi) is 11.4. The van der Waals surface area contributed by atoms with Gasteiger partial charge in [0.15, 0.2) is 6.10 Å². The normalized spacial score (nSPS) is 20.1. The molecule has 48 heavy (non-hydrogen) atoms. The van der Waals surface area contributed by atoms with Gasteiger partial charge in [0.2, 0.25) is 17.6 Å². The van der Waals surface area contributed by atoms with Crippen LogP contribution >= 0.6 is 0 Å². The van der Waals surface area contributed by atoms with Gasteiger partial charge in [-0.3, -0.25) is 19.2 Å². The van der Waals surface area contributed by atoms with Crippen LogP contribution < -0.4 is 21.3 Å². The minimum atomic E-state index is -3.86. The van der Waals surface area contributed by atoms with E-state index in [1.807, 2.05) is 0 Å². The highest BCUT2D eigenvalue weighted by molar-refractivity contribution is 6.38. The van der Waals surface area contributed by atoms with Gasteiger partial charge in [-0.25, -0.2) is 9.18 Å². The molecule has 258 valence electrons. The van der Waals surface area contributed by atoms with E-state index in [0.29, 0.717) is 19.0 Å². The lowest BCUT2D eigenvalue weighted by molar-refractivity contribution is -0.141. The first-order valence-corrected chi connectivity index (χ1v) is 16.6. The second kappa shape index (κ2) is 15.7. The molecular weight excluding hydrogens is 629 g/mol. The first-order chi connectivity index (χ1) is 23.0. The van der Waals surface area contributed by atoms with Crippen LogP contribution in [0.4, 0.5) is 18.0 Å². The number of nitrogens with one attached hydrogen (secondary N) is 4. The molecule has 1 heterocycles. The van der Waals surface area contributed by atoms with Crippen molar-refractivity contribution >= 4 is 29.6 Å². The molecule has 1 saturated heterocycles. The zero-order chi connectivity index (χ0) is 34.3. The van der Waals surface area contributed by atoms with Crippen molar-refractivity contribution in [2.24, 2.45) is 11.8 Å². The van der Waals surface area contributed by atoms with Crippen molar-refractivity contribution in [3.05, 3.63) is 71.5 Å². The minimum absolute atomic E-state index is 0.0152. The molecule has 2 saturated carbocycles. The molecule has 0 aromatic heterocycles. The predicted molar refractivity (Wildman–Crippen MR) is 168 cm³/mol. The van der Waals surface area contributed by atoms with Gasteiger partial charge >= 0.3 is 12.0 Å². The third kappa shape index (κ3) is 9.13. The summed E-state index contributed by atoms with van der Waals surface area (Å²) in [5, 5.41) is 10.3. The van der Waals surface area contributed by atoms with Gasteiger partial charge in [-0.05, 0) is 55.7 Å². The van der Waals surface area contributed by atoms with Crippen molar-refractivity contribution in [3.63, 3.8) is 0 Å². The van der Waals surface area contributed by atoms with Crippen molar-refractivity contribution in [1.82, 2.24) is 21.3 Å². The van der Waals surface area contributed by atoms with Crippen LogP contribution in [0.3, 0.4) is 0 Å². The SMILES string of the molecule is O=C(N[C@@H](CC1CCCCC1)C(=O)N[C@@H](C[C@@H]1CCNC1=O)C(=O)C(=O)NC1CC1)OC(c1ccccc1)C(F)(F)c1cccc(F)c1. The standard InChI is InChI=1S/C35H41F3N4O6/c36-25-13-7-12-24(20-25)35(37,38)30(22-10-5-2-6-11-22)48-34(47)42-28(18-21-8-3-1-4-9-21)32(45)41-27(19-23-16-17-39-31(23)44)29(43)33(46)40-26-14-15-26/h2,5-7,10-13,20-21,23,26-28,30H,1,3-4,8-9,14-19H2,(H,39,44)(H,40,46)(H,41,45)(H,42,47)/t23-,27-,28-,30?/m0/s1. The van der Waals surface area contributed by atoms with E-state index in [0.717, 1.165) is 63.1 Å². The molecule has 3 fully saturated rings. The maximum atomic E-state index is 15.9. The molecule has 0 bridgehead atoms. The van der Waals surface area contributed by atoms with E-state index >= 15 is 8.78 Å². The maximum absolute atomic E-state index is 15.9. The molecule has 4 N–H and O–H groups in total. The lowest BCUT2D eigenvalue weighted by atomic mass is 9.84. The fourth-order valence-corrected chi connectivity index (χ4v) is 6.40. The van der Waals surface area contributed by atoms with Gasteiger partial charge in [-0.1, -0.05) is 74.6 Å². The van der Waals surface area contributed by atoms with Crippen LogP contribution in [0.15, 0.2) is 54.6 Å². The van der Waals surface area contributed by atoms with E-state index in [-0.39, 0.29) is 36.3 Å². The van der Waals surface area contributed by atoms with E-state index in [9.17, 15) is 28.4 Å². The van der Waals surface area contributed by atoms with E-state index < -0.39 is 65.1 Å². The first kappa shape index (κ1) is 34.9. The molecule has 10 nitrogen and oxygen atoms in total. The molecule has 3 aliphatic rings. The third-order valence-electron chi connectivity index (χ3n) is 9.22. The Morgan fingerprint density at radius 3 is 2.25 bits per heavy atom. The summed E-state index contributed by atoms with van der Waals surface area (Å²) < 4.78 is 51.1. The Morgan fingerprint density at radius 1 is 0.875 bits per heavy atom. The zero-order valence-corrected chi connectivity index (χ0v) is 26.5. The van der Waals surface area contributed by atoms with Crippen LogP contribution in [0, 0.1) is 17.7 Å². The molecule has 2 aromatic rings. The van der Waals surface area contributed by atoms with Crippen LogP contribution in [0.2, 0.25) is 0 Å². The predicted octanol–water partition coefficient (Wildman–Crippen LogP) is 4.58. The lowest BCUT2D eigenvalue weighted by Crippen LogP contribution is -2.55. The van der Waals surface area contributed by atoms with E-state index in [2.05, 4.69) is 21.3 Å². The van der Waals surface area contributed by atoms with Gasteiger partial charge in [0.25, 0.3) is 5.91 Å². The first-order valence-electron chi connectivity index (χ1n) is 16.6. The maximum Gasteiger partial charge on any atom is 0.408 e. The number of alkyl halides is 2. The molecule has 2 aliphatic carbocycles. The van der Waals surface area contributed by atoms with E-state index in [1.165, 1.54) is 24.3 Å². The number of ketones is 1. The molecule has 1 aliphatic heterocycles. The van der Waals surface area contributed by atoms with E-state index in [1.54, 1.807) is 6.07 Å². The van der Waals surface area contributed by atoms with Crippen molar-refractivity contribution < 1.29 is 41.9 Å². The topological polar surface area (TPSA) is 143 Å². The third-order valence-corrected chi connectivity index (χ3v) is 9.22. The second-order valence-electron chi connectivity index (χ2n) is 13.0. The number of carbonyl (C=O) groups excluding carboxylic acids is 5. The highest BCUT2D eigenvalue weighted by Gasteiger charge is 2.46. The van der Waals surface area contributed by atoms with Gasteiger partial charge in [0.05, 0.1) is 6.04 Å². The van der Waals surface area contributed by atoms with Crippen molar-refractivity contribution in [1.29, 1.82) is 0 Å². The van der Waals surface area contributed by atoms with Gasteiger partial charge in [-0.15, -0.1) is 0 Å². The molecule has 4 amide bonds. The lowest BCUT2D eigenvalue weighted by Gasteiger charge is -2.30. The molecule has 0 spiro atoms. The Bertz CT molecular complexity index is 1480. The van der Waals surface area contributed by atoms with Crippen LogP contribution in [0.1, 0.15) is 81.4 Å². The second-order valence-corrected chi connectivity index (χ2v) is 13.0. The average molecular weight is 671 g/mol.